The summed E-state index contributed by atoms with van der Waals surface area (Å²) in [6.45, 7) is 1.91. The Hall–Kier alpha value is -9.64. The number of hydrogen-bond donors (Lipinski definition) is 0. The van der Waals surface area contributed by atoms with Gasteiger partial charge in [-0.2, -0.15) is 0 Å². The van der Waals surface area contributed by atoms with Crippen molar-refractivity contribution in [3.63, 3.8) is 0 Å². The van der Waals surface area contributed by atoms with Crippen LogP contribution < -0.4 is 18.3 Å². The molecule has 0 amide bonds. The SMILES string of the molecule is [2H]C([2H])([2H])c1c[n+](C)c(-c2cc(-c3ccccc3)c(C([2H])([2H])[2H])cc2C)cc1C.[2H]C([2H])([2H])c1cc(C)c(-c2ccc(C([2H])([2H])C(C)(C)C)c[n+]2C)cc1-c1ccccc1.[2H]C([2H])([2H])c1cc(C)c(-c2cccc[n+]2C)cc1-c1ccccc1.[2H]C([2H])([2H])c1ccc(-c2cc(-c3ccccc3)c(C([2H])([2H])[2H])cc2C)[n+](C)c1. The van der Waals surface area contributed by atoms with Crippen molar-refractivity contribution in [2.45, 2.75) is 103 Å². The maximum atomic E-state index is 8.57. The molecule has 0 spiro atoms. The summed E-state index contributed by atoms with van der Waals surface area (Å²) in [5.41, 5.74) is 19.7. The quantitative estimate of drug-likeness (QED) is 0.128. The molecule has 0 N–H and O–H groups in total. The van der Waals surface area contributed by atoms with Gasteiger partial charge in [0.2, 0.25) is 22.8 Å². The molecule has 0 saturated heterocycles. The van der Waals surface area contributed by atoms with E-state index in [1.165, 1.54) is 0 Å². The van der Waals surface area contributed by atoms with Gasteiger partial charge in [0, 0.05) is 96.7 Å². The second-order valence-electron chi connectivity index (χ2n) is 24.6. The van der Waals surface area contributed by atoms with Crippen molar-refractivity contribution in [2.24, 2.45) is 33.6 Å². The van der Waals surface area contributed by atoms with Crippen molar-refractivity contribution in [3.05, 3.63) is 310 Å². The molecule has 0 radical (unpaired) electrons. The molecule has 0 saturated carbocycles. The summed E-state index contributed by atoms with van der Waals surface area (Å²) in [6, 6.07) is 67.9. The Balaban J connectivity index is 0.000000172. The van der Waals surface area contributed by atoms with Gasteiger partial charge in [0.1, 0.15) is 28.2 Å². The van der Waals surface area contributed by atoms with Gasteiger partial charge in [-0.05, 0) is 225 Å². The molecule has 4 aromatic heterocycles. The van der Waals surface area contributed by atoms with Crippen LogP contribution in [0.15, 0.2) is 243 Å². The summed E-state index contributed by atoms with van der Waals surface area (Å²) in [4.78, 5) is 0. The zero-order chi connectivity index (χ0) is 82.8. The maximum absolute atomic E-state index is 8.57. The molecule has 4 heterocycles. The summed E-state index contributed by atoms with van der Waals surface area (Å²) >= 11 is 0. The van der Waals surface area contributed by atoms with E-state index in [0.717, 1.165) is 95.1 Å². The molecule has 92 heavy (non-hydrogen) atoms. The third-order valence-electron chi connectivity index (χ3n) is 16.2. The minimum atomic E-state index is -2.24. The Morgan fingerprint density at radius 2 is 0.641 bits per heavy atom. The van der Waals surface area contributed by atoms with Gasteiger partial charge in [0.15, 0.2) is 24.8 Å². The normalized spacial score (nSPS) is 15.2. The van der Waals surface area contributed by atoms with Crippen LogP contribution >= 0.6 is 0 Å². The van der Waals surface area contributed by atoms with Gasteiger partial charge < -0.3 is 0 Å². The zero-order valence-electron chi connectivity index (χ0n) is 74.9. The predicted molar refractivity (Wildman–Crippen MR) is 389 cm³/mol. The van der Waals surface area contributed by atoms with Crippen LogP contribution in [0.5, 0.6) is 0 Å². The average Bonchev–Trinajstić information content (AvgIpc) is 0.775. The average molecular weight is 1230 g/mol. The Bertz CT molecular complexity index is 5350. The molecular weight excluding hydrogens is 1110 g/mol. The highest BCUT2D eigenvalue weighted by Gasteiger charge is 2.21. The predicted octanol–water partition coefficient (Wildman–Crippen LogP) is 20.4. The Kier molecular flexibility index (Phi) is 14.4. The first-order chi connectivity index (χ1) is 52.0. The first kappa shape index (κ1) is 44.8. The van der Waals surface area contributed by atoms with Crippen LogP contribution in [0.1, 0.15) is 115 Å². The monoisotopic (exact) mass is 1230 g/mol. The fourth-order valence-electron chi connectivity index (χ4n) is 11.5. The van der Waals surface area contributed by atoms with Crippen LogP contribution in [0, 0.1) is 81.1 Å². The number of pyridine rings is 4. The van der Waals surface area contributed by atoms with Gasteiger partial charge >= 0.3 is 0 Å². The highest BCUT2D eigenvalue weighted by molar-refractivity contribution is 5.79. The lowest BCUT2D eigenvalue weighted by atomic mass is 9.88. The lowest BCUT2D eigenvalue weighted by molar-refractivity contribution is -0.661. The Labute approximate surface area is 579 Å². The van der Waals surface area contributed by atoms with Crippen molar-refractivity contribution in [1.29, 1.82) is 0 Å². The number of hydrogen-bond acceptors (Lipinski definition) is 0. The lowest BCUT2D eigenvalue weighted by Gasteiger charge is -2.17. The molecule has 0 unspecified atom stereocenters. The summed E-state index contributed by atoms with van der Waals surface area (Å²) in [7, 11) is 7.50. The van der Waals surface area contributed by atoms with Gasteiger partial charge in [0.05, 0.1) is 0 Å². The molecular formula is C88H96N4+4. The number of aryl methyl sites for hydroxylation is 15. The van der Waals surface area contributed by atoms with E-state index in [4.69, 9.17) is 27.4 Å². The number of rotatable bonds is 9. The van der Waals surface area contributed by atoms with Crippen LogP contribution in [-0.2, 0) is 34.6 Å². The number of nitrogens with zero attached hydrogens (tertiary/aromatic N) is 4. The smallest absolute Gasteiger partial charge is 0.201 e. The summed E-state index contributed by atoms with van der Waals surface area (Å²) in [5.74, 6) is 0. The van der Waals surface area contributed by atoms with E-state index in [9.17, 15) is 0 Å². The Morgan fingerprint density at radius 1 is 0.293 bits per heavy atom. The van der Waals surface area contributed by atoms with Gasteiger partial charge in [-0.15, -0.1) is 0 Å². The van der Waals surface area contributed by atoms with Crippen molar-refractivity contribution >= 4 is 0 Å². The van der Waals surface area contributed by atoms with Gasteiger partial charge in [-0.25, -0.2) is 18.3 Å². The van der Waals surface area contributed by atoms with E-state index in [2.05, 4.69) is 0 Å². The van der Waals surface area contributed by atoms with Crippen LogP contribution in [0.2, 0.25) is 0 Å². The highest BCUT2D eigenvalue weighted by Crippen LogP contribution is 2.36. The van der Waals surface area contributed by atoms with Crippen molar-refractivity contribution in [2.75, 3.05) is 0 Å². The van der Waals surface area contributed by atoms with Crippen molar-refractivity contribution in [1.82, 2.24) is 0 Å². The molecule has 0 aliphatic carbocycles. The van der Waals surface area contributed by atoms with E-state index in [1.54, 1.807) is 71.9 Å². The number of aromatic nitrogens is 4. The Morgan fingerprint density at radius 3 is 0.989 bits per heavy atom. The molecule has 0 aliphatic rings. The molecule has 4 nitrogen and oxygen atoms in total. The molecule has 0 aliphatic heterocycles. The molecule has 0 bridgehead atoms. The van der Waals surface area contributed by atoms with E-state index in [-0.39, 0.29) is 5.56 Å². The molecule has 12 rings (SSSR count). The first-order valence-corrected chi connectivity index (χ1v) is 30.8. The minimum Gasteiger partial charge on any atom is -0.201 e. The molecule has 8 aromatic carbocycles. The minimum absolute atomic E-state index is 0.263. The van der Waals surface area contributed by atoms with Gasteiger partial charge in [-0.1, -0.05) is 166 Å². The second-order valence-corrected chi connectivity index (χ2v) is 24.6. The maximum Gasteiger partial charge on any atom is 0.212 e. The molecule has 4 heteroatoms. The molecule has 12 aromatic rings. The van der Waals surface area contributed by atoms with E-state index < -0.39 is 52.9 Å². The summed E-state index contributed by atoms with van der Waals surface area (Å²) < 4.78 is 166. The second kappa shape index (κ2) is 29.5. The third-order valence-corrected chi connectivity index (χ3v) is 16.2. The number of benzene rings is 8. The van der Waals surface area contributed by atoms with E-state index in [1.807, 2.05) is 273 Å². The van der Waals surface area contributed by atoms with Crippen LogP contribution in [-0.4, -0.2) is 0 Å². The lowest BCUT2D eigenvalue weighted by Crippen LogP contribution is -2.32. The standard InChI is InChI=1S/C25H30N.C22H24N.C21H22N.C20H20N/c1-18-14-19(2)23(15-22(18)21-10-8-7-9-11-21)24-13-12-20(17-26(24)6)16-25(3,4)5;1-15-12-22(23(5)14-18(15)4)21-13-20(16(2)11-17(21)3)19-9-7-6-8-10-19;1-15-10-11-21(22(4)14-15)20-13-19(16(2)12-17(20)3)18-8-6-5-7-9-18;1-15-13-16(2)19(20-11-7-8-12-21(20)3)14-18(15)17-9-5-4-6-10-17/h7-15,17H,16H2,1-6H3;6-14H,1-5H3;5-14H,1-4H3;4-14H,1-3H3/q4*+1/i1D3,16D2;2D3,4D3;1D3,2D3;1D3. The largest absolute Gasteiger partial charge is 0.212 e. The van der Waals surface area contributed by atoms with Crippen LogP contribution in [0.25, 0.3) is 89.5 Å². The zero-order valence-corrected chi connectivity index (χ0v) is 54.9. The highest BCUT2D eigenvalue weighted by atomic mass is 14.9. The summed E-state index contributed by atoms with van der Waals surface area (Å²) in [6.07, 6.45) is 5.58. The van der Waals surface area contributed by atoms with E-state index >= 15 is 0 Å². The molecule has 0 atom stereocenters. The fourth-order valence-corrected chi connectivity index (χ4v) is 11.5. The third kappa shape index (κ3) is 16.3. The molecule has 0 fully saturated rings. The van der Waals surface area contributed by atoms with Crippen molar-refractivity contribution in [3.8, 4) is 89.5 Å². The molecule has 464 valence electrons. The van der Waals surface area contributed by atoms with Crippen molar-refractivity contribution < 1.29 is 45.7 Å². The van der Waals surface area contributed by atoms with Gasteiger partial charge in [0.25, 0.3) is 0 Å². The van der Waals surface area contributed by atoms with Gasteiger partial charge in [-0.3, -0.25) is 0 Å². The summed E-state index contributed by atoms with van der Waals surface area (Å²) in [5, 5.41) is 0. The van der Waals surface area contributed by atoms with Crippen LogP contribution in [0.3, 0.4) is 0 Å². The fraction of sp³-hybridized carbons (Fsp3) is 0.227. The van der Waals surface area contributed by atoms with Crippen LogP contribution in [0.4, 0.5) is 0 Å². The topological polar surface area (TPSA) is 15.5 Å². The van der Waals surface area contributed by atoms with E-state index in [0.29, 0.717) is 55.6 Å². The first-order valence-electron chi connectivity index (χ1n) is 40.8.